The molecule has 0 bridgehead atoms. The lowest BCUT2D eigenvalue weighted by molar-refractivity contribution is 0.169. The first-order chi connectivity index (χ1) is 15.3. The van der Waals surface area contributed by atoms with Gasteiger partial charge in [0.05, 0.1) is 13.4 Å². The smallest absolute Gasteiger partial charge is 0.211 e. The van der Waals surface area contributed by atoms with Crippen LogP contribution in [0.5, 0.6) is 5.75 Å². The highest BCUT2D eigenvalue weighted by Crippen LogP contribution is 2.32. The van der Waals surface area contributed by atoms with E-state index in [9.17, 15) is 8.42 Å². The quantitative estimate of drug-likeness (QED) is 0.411. The van der Waals surface area contributed by atoms with Gasteiger partial charge in [-0.25, -0.2) is 8.42 Å². The molecule has 1 aromatic rings. The molecule has 1 saturated carbocycles. The molecule has 0 aromatic heterocycles. The number of methoxy groups -OCH3 is 1. The molecule has 1 heterocycles. The number of likely N-dealkylation sites (tertiary alicyclic amines) is 1. The van der Waals surface area contributed by atoms with E-state index in [0.717, 1.165) is 36.8 Å². The monoisotopic (exact) mass is 528 g/mol. The van der Waals surface area contributed by atoms with Crippen molar-refractivity contribution in [3.63, 3.8) is 0 Å². The summed E-state index contributed by atoms with van der Waals surface area (Å²) >= 11 is 3.70. The highest BCUT2D eigenvalue weighted by atomic mass is 79.9. The fourth-order valence-corrected chi connectivity index (χ4v) is 7.28. The molecule has 32 heavy (non-hydrogen) atoms. The lowest BCUT2D eigenvalue weighted by Gasteiger charge is -2.35. The first kappa shape index (κ1) is 26.0. The zero-order chi connectivity index (χ0) is 23.1. The van der Waals surface area contributed by atoms with Crippen LogP contribution < -0.4 is 4.74 Å². The highest BCUT2D eigenvalue weighted by molar-refractivity contribution is 9.10. The number of benzene rings is 1. The molecule has 2 aliphatic rings. The van der Waals surface area contributed by atoms with E-state index in [1.807, 2.05) is 13.0 Å². The number of rotatable bonds is 10. The summed E-state index contributed by atoms with van der Waals surface area (Å²) in [5.74, 6) is 2.46. The Balaban J connectivity index is 1.33. The molecule has 0 spiro atoms. The molecule has 0 N–H and O–H groups in total. The van der Waals surface area contributed by atoms with E-state index in [0.29, 0.717) is 6.54 Å². The van der Waals surface area contributed by atoms with Crippen molar-refractivity contribution < 1.29 is 13.2 Å². The van der Waals surface area contributed by atoms with Gasteiger partial charge in [0.2, 0.25) is 10.0 Å². The molecular weight excluding hydrogens is 488 g/mol. The summed E-state index contributed by atoms with van der Waals surface area (Å²) in [7, 11) is -1.35. The van der Waals surface area contributed by atoms with Crippen LogP contribution >= 0.6 is 15.9 Å². The van der Waals surface area contributed by atoms with E-state index in [4.69, 9.17) is 4.74 Å². The summed E-state index contributed by atoms with van der Waals surface area (Å²) in [5.41, 5.74) is 1.36. The standard InChI is InChI=1S/C25H41BrN2O3S/c1-4-28(32(3,29)30)23-9-7-20(8-10-23)6-5-15-27-16-13-21(14-17-27)18-22-19-24(31-2)11-12-25(22)26/h11-12,19-21,23H,4-10,13-18H2,1-3H3/t20-,23-. The minimum atomic E-state index is -3.08. The zero-order valence-corrected chi connectivity index (χ0v) is 22.5. The van der Waals surface area contributed by atoms with Gasteiger partial charge in [-0.1, -0.05) is 22.9 Å². The molecule has 5 nitrogen and oxygen atoms in total. The molecule has 1 aliphatic heterocycles. The normalized spacial score (nSPS) is 23.5. The van der Waals surface area contributed by atoms with E-state index < -0.39 is 10.0 Å². The van der Waals surface area contributed by atoms with Crippen LogP contribution in [0.2, 0.25) is 0 Å². The van der Waals surface area contributed by atoms with Gasteiger partial charge in [0.25, 0.3) is 0 Å². The molecule has 1 saturated heterocycles. The van der Waals surface area contributed by atoms with Gasteiger partial charge in [-0.3, -0.25) is 0 Å². The number of nitrogens with zero attached hydrogens (tertiary/aromatic N) is 2. The number of piperidine rings is 1. The molecule has 0 amide bonds. The highest BCUT2D eigenvalue weighted by Gasteiger charge is 2.29. The number of ether oxygens (including phenoxy) is 1. The van der Waals surface area contributed by atoms with Gasteiger partial charge in [-0.15, -0.1) is 0 Å². The van der Waals surface area contributed by atoms with Gasteiger partial charge >= 0.3 is 0 Å². The Morgan fingerprint density at radius 2 is 1.78 bits per heavy atom. The van der Waals surface area contributed by atoms with Crippen LogP contribution in [0, 0.1) is 11.8 Å². The number of halogens is 1. The molecular formula is C25H41BrN2O3S. The fourth-order valence-electron chi connectivity index (χ4n) is 5.65. The van der Waals surface area contributed by atoms with E-state index in [1.54, 1.807) is 11.4 Å². The van der Waals surface area contributed by atoms with Crippen molar-refractivity contribution in [3.05, 3.63) is 28.2 Å². The van der Waals surface area contributed by atoms with Crippen LogP contribution in [-0.2, 0) is 16.4 Å². The third kappa shape index (κ3) is 7.44. The second-order valence-corrected chi connectivity index (χ2v) is 12.5. The SMILES string of the molecule is CCN([C@H]1CC[C@H](CCCN2CCC(Cc3cc(OC)ccc3Br)CC2)CC1)S(C)(=O)=O. The van der Waals surface area contributed by atoms with Gasteiger partial charge in [0, 0.05) is 17.1 Å². The van der Waals surface area contributed by atoms with Crippen LogP contribution in [0.4, 0.5) is 0 Å². The second-order valence-electron chi connectivity index (χ2n) is 9.73. The Morgan fingerprint density at radius 1 is 1.09 bits per heavy atom. The largest absolute Gasteiger partial charge is 0.497 e. The molecule has 1 aromatic carbocycles. The second kappa shape index (κ2) is 12.2. The predicted molar refractivity (Wildman–Crippen MR) is 136 cm³/mol. The average molecular weight is 530 g/mol. The third-order valence-corrected chi connectivity index (χ3v) is 9.70. The average Bonchev–Trinajstić information content (AvgIpc) is 2.77. The van der Waals surface area contributed by atoms with Crippen LogP contribution in [0.3, 0.4) is 0 Å². The number of sulfonamides is 1. The van der Waals surface area contributed by atoms with E-state index >= 15 is 0 Å². The van der Waals surface area contributed by atoms with Gasteiger partial charge in [0.15, 0.2) is 0 Å². The Hall–Kier alpha value is -0.630. The van der Waals surface area contributed by atoms with Gasteiger partial charge in [-0.05, 0) is 113 Å². The van der Waals surface area contributed by atoms with Gasteiger partial charge in [0.1, 0.15) is 5.75 Å². The molecule has 3 rings (SSSR count). The molecule has 7 heteroatoms. The number of hydrogen-bond donors (Lipinski definition) is 0. The lowest BCUT2D eigenvalue weighted by atomic mass is 9.83. The summed E-state index contributed by atoms with van der Waals surface area (Å²) < 4.78 is 32.2. The Labute approximate surface area is 204 Å². The van der Waals surface area contributed by atoms with E-state index in [1.165, 1.54) is 74.5 Å². The minimum absolute atomic E-state index is 0.217. The van der Waals surface area contributed by atoms with Crippen LogP contribution in [-0.4, -0.2) is 63.2 Å². The molecule has 0 unspecified atom stereocenters. The maximum absolute atomic E-state index is 12.0. The first-order valence-electron chi connectivity index (χ1n) is 12.3. The third-order valence-electron chi connectivity index (χ3n) is 7.52. The fraction of sp³-hybridized carbons (Fsp3) is 0.760. The van der Waals surface area contributed by atoms with Crippen LogP contribution in [0.1, 0.15) is 63.9 Å². The van der Waals surface area contributed by atoms with Crippen molar-refractivity contribution in [1.82, 2.24) is 9.21 Å². The maximum Gasteiger partial charge on any atom is 0.211 e. The molecule has 1 aliphatic carbocycles. The lowest BCUT2D eigenvalue weighted by Crippen LogP contribution is -2.41. The van der Waals surface area contributed by atoms with Gasteiger partial charge < -0.3 is 9.64 Å². The summed E-state index contributed by atoms with van der Waals surface area (Å²) in [6.07, 6.45) is 12.0. The van der Waals surface area contributed by atoms with Crippen molar-refractivity contribution in [2.24, 2.45) is 11.8 Å². The Bertz CT molecular complexity index is 816. The van der Waals surface area contributed by atoms with Crippen molar-refractivity contribution >= 4 is 26.0 Å². The minimum Gasteiger partial charge on any atom is -0.497 e. The maximum atomic E-state index is 12.0. The van der Waals surface area contributed by atoms with E-state index in [2.05, 4.69) is 33.0 Å². The van der Waals surface area contributed by atoms with Crippen LogP contribution in [0.15, 0.2) is 22.7 Å². The van der Waals surface area contributed by atoms with Crippen LogP contribution in [0.25, 0.3) is 0 Å². The molecule has 2 fully saturated rings. The topological polar surface area (TPSA) is 49.9 Å². The van der Waals surface area contributed by atoms with Crippen molar-refractivity contribution in [1.29, 1.82) is 0 Å². The predicted octanol–water partition coefficient (Wildman–Crippen LogP) is 5.33. The van der Waals surface area contributed by atoms with Gasteiger partial charge in [-0.2, -0.15) is 4.31 Å². The summed E-state index contributed by atoms with van der Waals surface area (Å²) in [6.45, 7) is 6.17. The Morgan fingerprint density at radius 3 is 2.38 bits per heavy atom. The summed E-state index contributed by atoms with van der Waals surface area (Å²) in [6, 6.07) is 6.49. The first-order valence-corrected chi connectivity index (χ1v) is 15.0. The van der Waals surface area contributed by atoms with E-state index in [-0.39, 0.29) is 6.04 Å². The van der Waals surface area contributed by atoms with Crippen molar-refractivity contribution in [2.75, 3.05) is 39.5 Å². The summed E-state index contributed by atoms with van der Waals surface area (Å²) in [5, 5.41) is 0. The Kier molecular flexibility index (Phi) is 9.89. The van der Waals surface area contributed by atoms with Crippen molar-refractivity contribution in [2.45, 2.75) is 70.8 Å². The molecule has 0 radical (unpaired) electrons. The molecule has 0 atom stereocenters. The number of hydrogen-bond acceptors (Lipinski definition) is 4. The molecule has 182 valence electrons. The summed E-state index contributed by atoms with van der Waals surface area (Å²) in [4.78, 5) is 2.64. The zero-order valence-electron chi connectivity index (χ0n) is 20.1. The van der Waals surface area contributed by atoms with Crippen molar-refractivity contribution in [3.8, 4) is 5.75 Å².